The normalized spacial score (nSPS) is 12.8. The minimum Gasteiger partial charge on any atom is -0.450 e. The third-order valence-electron chi connectivity index (χ3n) is 6.64. The zero-order valence-electron chi connectivity index (χ0n) is 22.0. The number of ether oxygens (including phenoxy) is 1. The van der Waals surface area contributed by atoms with E-state index in [4.69, 9.17) is 10.5 Å². The summed E-state index contributed by atoms with van der Waals surface area (Å²) >= 11 is 0. The molecule has 3 amide bonds. The molecule has 0 saturated heterocycles. The fraction of sp³-hybridized carbons (Fsp3) is 0.250. The van der Waals surface area contributed by atoms with E-state index < -0.39 is 12.0 Å². The fourth-order valence-corrected chi connectivity index (χ4v) is 4.67. The third kappa shape index (κ3) is 4.86. The largest absolute Gasteiger partial charge is 0.450 e. The smallest absolute Gasteiger partial charge is 0.409 e. The number of carbonyl (C=O) groups is 3. The molecular weight excluding hydrogens is 498 g/mol. The molecule has 0 aliphatic carbocycles. The molecule has 200 valence electrons. The summed E-state index contributed by atoms with van der Waals surface area (Å²) in [7, 11) is 1.65. The van der Waals surface area contributed by atoms with Crippen LogP contribution in [-0.4, -0.2) is 62.3 Å². The number of carbonyl (C=O) groups excluding carboxylic acids is 3. The minimum atomic E-state index is -0.660. The van der Waals surface area contributed by atoms with Crippen LogP contribution >= 0.6 is 0 Å². The first-order valence-corrected chi connectivity index (χ1v) is 12.6. The lowest BCUT2D eigenvalue weighted by Gasteiger charge is -2.28. The zero-order chi connectivity index (χ0) is 27.7. The highest BCUT2D eigenvalue weighted by molar-refractivity contribution is 6.09. The van der Waals surface area contributed by atoms with Gasteiger partial charge in [0, 0.05) is 42.9 Å². The predicted octanol–water partition coefficient (Wildman–Crippen LogP) is 3.26. The molecule has 2 aromatic heterocycles. The van der Waals surface area contributed by atoms with Crippen LogP contribution in [0.3, 0.4) is 0 Å². The van der Waals surface area contributed by atoms with Gasteiger partial charge in [-0.15, -0.1) is 0 Å². The Balaban J connectivity index is 1.42. The first-order chi connectivity index (χ1) is 18.8. The maximum atomic E-state index is 13.8. The number of nitrogens with zero attached hydrogens (tertiary/aromatic N) is 6. The van der Waals surface area contributed by atoms with E-state index in [1.165, 1.54) is 9.58 Å². The Morgan fingerprint density at radius 2 is 1.72 bits per heavy atom. The molecule has 5 rings (SSSR count). The molecule has 0 fully saturated rings. The quantitative estimate of drug-likeness (QED) is 0.393. The maximum absolute atomic E-state index is 13.8. The van der Waals surface area contributed by atoms with Gasteiger partial charge in [0.2, 0.25) is 0 Å². The first kappa shape index (κ1) is 25.7. The molecule has 0 unspecified atom stereocenters. The minimum absolute atomic E-state index is 0.120. The standard InChI is InChI=1S/C28H29N7O4/c1-4-39-28(38)32(3)17-23-30-14-16-33(23)19-9-11-20(12-10-19)34-15-13-22-24(26(29)36)31-35(25(22)27(34)37)21-7-5-18(2)6-8-21/h5-12,14,16H,4,13,15,17H2,1-3H3,(H2,29,36). The van der Waals surface area contributed by atoms with E-state index in [-0.39, 0.29) is 18.1 Å². The number of benzene rings is 2. The van der Waals surface area contributed by atoms with Crippen LogP contribution < -0.4 is 10.6 Å². The van der Waals surface area contributed by atoms with E-state index in [2.05, 4.69) is 10.1 Å². The summed E-state index contributed by atoms with van der Waals surface area (Å²) in [6.07, 6.45) is 3.50. The molecule has 0 atom stereocenters. The number of amides is 3. The van der Waals surface area contributed by atoms with Crippen LogP contribution in [0.4, 0.5) is 10.5 Å². The molecule has 0 bridgehead atoms. The highest BCUT2D eigenvalue weighted by Gasteiger charge is 2.34. The van der Waals surface area contributed by atoms with Crippen LogP contribution in [0, 0.1) is 6.92 Å². The van der Waals surface area contributed by atoms with Crippen molar-refractivity contribution >= 4 is 23.6 Å². The number of anilines is 1. The number of aromatic nitrogens is 4. The maximum Gasteiger partial charge on any atom is 0.409 e. The Morgan fingerprint density at radius 3 is 2.38 bits per heavy atom. The van der Waals surface area contributed by atoms with Gasteiger partial charge in [0.25, 0.3) is 11.8 Å². The molecule has 1 aliphatic heterocycles. The van der Waals surface area contributed by atoms with Crippen LogP contribution in [0.5, 0.6) is 0 Å². The van der Waals surface area contributed by atoms with E-state index >= 15 is 0 Å². The molecule has 2 N–H and O–H groups in total. The van der Waals surface area contributed by atoms with E-state index in [0.29, 0.717) is 48.0 Å². The number of fused-ring (bicyclic) bond motifs is 1. The topological polar surface area (TPSA) is 129 Å². The molecule has 3 heterocycles. The van der Waals surface area contributed by atoms with E-state index in [1.807, 2.05) is 66.2 Å². The van der Waals surface area contributed by atoms with Gasteiger partial charge in [0.1, 0.15) is 11.5 Å². The molecule has 11 nitrogen and oxygen atoms in total. The van der Waals surface area contributed by atoms with Crippen molar-refractivity contribution in [2.24, 2.45) is 5.73 Å². The number of hydrogen-bond acceptors (Lipinski definition) is 6. The summed E-state index contributed by atoms with van der Waals surface area (Å²) in [6.45, 7) is 4.68. The summed E-state index contributed by atoms with van der Waals surface area (Å²) in [5.41, 5.74) is 9.90. The number of rotatable bonds is 7. The van der Waals surface area contributed by atoms with Crippen molar-refractivity contribution in [3.05, 3.63) is 89.3 Å². The highest BCUT2D eigenvalue weighted by atomic mass is 16.6. The van der Waals surface area contributed by atoms with Crippen molar-refractivity contribution in [2.75, 3.05) is 25.1 Å². The average Bonchev–Trinajstić information content (AvgIpc) is 3.55. The molecule has 2 aromatic carbocycles. The van der Waals surface area contributed by atoms with E-state index in [1.54, 1.807) is 25.1 Å². The van der Waals surface area contributed by atoms with Crippen molar-refractivity contribution < 1.29 is 19.1 Å². The Bertz CT molecular complexity index is 1540. The summed E-state index contributed by atoms with van der Waals surface area (Å²) in [4.78, 5) is 45.4. The lowest BCUT2D eigenvalue weighted by atomic mass is 10.0. The second kappa shape index (κ2) is 10.4. The van der Waals surface area contributed by atoms with Gasteiger partial charge >= 0.3 is 6.09 Å². The second-order valence-corrected chi connectivity index (χ2v) is 9.28. The monoisotopic (exact) mass is 527 g/mol. The second-order valence-electron chi connectivity index (χ2n) is 9.28. The van der Waals surface area contributed by atoms with Gasteiger partial charge in [-0.25, -0.2) is 14.5 Å². The lowest BCUT2D eigenvalue weighted by Crippen LogP contribution is -2.39. The van der Waals surface area contributed by atoms with Crippen LogP contribution in [0.2, 0.25) is 0 Å². The Labute approximate surface area is 225 Å². The van der Waals surface area contributed by atoms with Gasteiger partial charge in [-0.3, -0.25) is 9.59 Å². The van der Waals surface area contributed by atoms with Gasteiger partial charge < -0.3 is 24.8 Å². The summed E-state index contributed by atoms with van der Waals surface area (Å²) in [5.74, 6) is -0.255. The van der Waals surface area contributed by atoms with Crippen molar-refractivity contribution in [3.63, 3.8) is 0 Å². The van der Waals surface area contributed by atoms with Gasteiger partial charge in [0.05, 0.1) is 18.8 Å². The van der Waals surface area contributed by atoms with Gasteiger partial charge in [-0.1, -0.05) is 17.7 Å². The number of primary amides is 1. The van der Waals surface area contributed by atoms with Gasteiger partial charge in [0.15, 0.2) is 5.69 Å². The number of nitrogens with two attached hydrogens (primary N) is 1. The van der Waals surface area contributed by atoms with Crippen molar-refractivity contribution in [2.45, 2.75) is 26.8 Å². The van der Waals surface area contributed by atoms with Crippen molar-refractivity contribution in [3.8, 4) is 11.4 Å². The Hall–Kier alpha value is -4.93. The molecule has 39 heavy (non-hydrogen) atoms. The number of hydrogen-bond donors (Lipinski definition) is 1. The Morgan fingerprint density at radius 1 is 1.05 bits per heavy atom. The van der Waals surface area contributed by atoms with Gasteiger partial charge in [-0.2, -0.15) is 5.10 Å². The van der Waals surface area contributed by atoms with Crippen LogP contribution in [-0.2, 0) is 17.7 Å². The van der Waals surface area contributed by atoms with Crippen LogP contribution in [0.1, 0.15) is 44.9 Å². The predicted molar refractivity (Wildman–Crippen MR) is 144 cm³/mol. The van der Waals surface area contributed by atoms with E-state index in [0.717, 1.165) is 11.3 Å². The first-order valence-electron chi connectivity index (χ1n) is 12.6. The molecule has 11 heteroatoms. The third-order valence-corrected chi connectivity index (χ3v) is 6.64. The SMILES string of the molecule is CCOC(=O)N(C)Cc1nccn1-c1ccc(N2CCc3c(C(N)=O)nn(-c4ccc(C)cc4)c3C2=O)cc1. The summed E-state index contributed by atoms with van der Waals surface area (Å²) < 4.78 is 8.44. The highest BCUT2D eigenvalue weighted by Crippen LogP contribution is 2.29. The molecule has 0 saturated carbocycles. The Kier molecular flexibility index (Phi) is 6.88. The van der Waals surface area contributed by atoms with Crippen molar-refractivity contribution in [1.29, 1.82) is 0 Å². The molecular formula is C28H29N7O4. The van der Waals surface area contributed by atoms with Crippen LogP contribution in [0.15, 0.2) is 60.9 Å². The van der Waals surface area contributed by atoms with Crippen molar-refractivity contribution in [1.82, 2.24) is 24.2 Å². The van der Waals surface area contributed by atoms with E-state index in [9.17, 15) is 14.4 Å². The summed E-state index contributed by atoms with van der Waals surface area (Å²) in [6, 6.07) is 15.1. The summed E-state index contributed by atoms with van der Waals surface area (Å²) in [5, 5.41) is 4.42. The molecule has 1 aliphatic rings. The van der Waals surface area contributed by atoms with Gasteiger partial charge in [-0.05, 0) is 56.7 Å². The molecule has 0 radical (unpaired) electrons. The number of aryl methyl sites for hydroxylation is 1. The van der Waals surface area contributed by atoms with Crippen LogP contribution in [0.25, 0.3) is 11.4 Å². The average molecular weight is 528 g/mol. The number of imidazole rings is 1. The molecule has 4 aromatic rings. The lowest BCUT2D eigenvalue weighted by molar-refractivity contribution is 0.0972. The zero-order valence-corrected chi connectivity index (χ0v) is 22.0. The molecule has 0 spiro atoms. The fourth-order valence-electron chi connectivity index (χ4n) is 4.67.